The van der Waals surface area contributed by atoms with Gasteiger partial charge in [-0.15, -0.1) is 11.8 Å². The van der Waals surface area contributed by atoms with Crippen LogP contribution >= 0.6 is 11.8 Å². The summed E-state index contributed by atoms with van der Waals surface area (Å²) < 4.78 is 30.7. The zero-order valence-electron chi connectivity index (χ0n) is 18.2. The molecular weight excluding hydrogens is 478 g/mol. The van der Waals surface area contributed by atoms with Crippen LogP contribution in [-0.2, 0) is 14.6 Å². The Labute approximate surface area is 201 Å². The molecule has 0 aliphatic heterocycles. The van der Waals surface area contributed by atoms with E-state index in [1.54, 1.807) is 54.6 Å². The molecule has 10 heteroatoms. The second-order valence-electron chi connectivity index (χ2n) is 7.40. The van der Waals surface area contributed by atoms with Gasteiger partial charge in [0.2, 0.25) is 0 Å². The monoisotopic (exact) mass is 501 g/mol. The Bertz CT molecular complexity index is 1240. The molecule has 0 aliphatic rings. The summed E-state index contributed by atoms with van der Waals surface area (Å²) in [6.07, 6.45) is 0. The predicted octanol–water partition coefficient (Wildman–Crippen LogP) is 3.33. The van der Waals surface area contributed by atoms with Gasteiger partial charge in [0.05, 0.1) is 17.8 Å². The second kappa shape index (κ2) is 10.7. The molecule has 0 radical (unpaired) electrons. The standard InChI is InChI=1S/C24H23NO7S2/c1-32-19-11-7-17(8-12-19)22(26)25-18-9-13-21(14-10-18)34(30,31)16-24(29,23(27)28)15-33-20-5-3-2-4-6-20/h2-14,29H,15-16H2,1H3,(H,25,26)(H,27,28). The molecule has 3 aromatic rings. The lowest BCUT2D eigenvalue weighted by atomic mass is 10.1. The maximum absolute atomic E-state index is 12.8. The highest BCUT2D eigenvalue weighted by molar-refractivity contribution is 7.99. The Hall–Kier alpha value is -3.34. The van der Waals surface area contributed by atoms with Gasteiger partial charge in [0.1, 0.15) is 5.75 Å². The molecule has 1 amide bonds. The molecule has 0 heterocycles. The maximum Gasteiger partial charge on any atom is 0.337 e. The van der Waals surface area contributed by atoms with E-state index < -0.39 is 33.1 Å². The molecule has 0 saturated heterocycles. The number of nitrogens with one attached hydrogen (secondary N) is 1. The lowest BCUT2D eigenvalue weighted by Crippen LogP contribution is -2.47. The number of methoxy groups -OCH3 is 1. The van der Waals surface area contributed by atoms with Crippen LogP contribution in [0.25, 0.3) is 0 Å². The smallest absolute Gasteiger partial charge is 0.337 e. The Morgan fingerprint density at radius 1 is 0.971 bits per heavy atom. The summed E-state index contributed by atoms with van der Waals surface area (Å²) in [5.74, 6) is -2.75. The van der Waals surface area contributed by atoms with Crippen LogP contribution in [0.15, 0.2) is 88.7 Å². The normalized spacial score (nSPS) is 13.0. The van der Waals surface area contributed by atoms with Crippen molar-refractivity contribution in [3.63, 3.8) is 0 Å². The predicted molar refractivity (Wildman–Crippen MR) is 129 cm³/mol. The minimum atomic E-state index is -4.14. The van der Waals surface area contributed by atoms with Crippen molar-refractivity contribution in [2.24, 2.45) is 0 Å². The van der Waals surface area contributed by atoms with Gasteiger partial charge in [0, 0.05) is 21.9 Å². The number of sulfone groups is 1. The zero-order valence-corrected chi connectivity index (χ0v) is 19.8. The third-order valence-electron chi connectivity index (χ3n) is 4.87. The third-order valence-corrected chi connectivity index (χ3v) is 7.95. The highest BCUT2D eigenvalue weighted by Gasteiger charge is 2.41. The number of hydrogen-bond donors (Lipinski definition) is 3. The SMILES string of the molecule is COc1ccc(C(=O)Nc2ccc(S(=O)(=O)CC(O)(CSc3ccccc3)C(=O)O)cc2)cc1. The topological polar surface area (TPSA) is 130 Å². The highest BCUT2D eigenvalue weighted by atomic mass is 32.2. The Morgan fingerprint density at radius 3 is 2.15 bits per heavy atom. The van der Waals surface area contributed by atoms with Crippen LogP contribution in [0, 0.1) is 0 Å². The molecule has 1 unspecified atom stereocenters. The summed E-state index contributed by atoms with van der Waals surface area (Å²) in [4.78, 5) is 24.6. The first kappa shape index (κ1) is 25.3. The zero-order chi connectivity index (χ0) is 24.8. The van der Waals surface area contributed by atoms with Gasteiger partial charge in [-0.05, 0) is 60.7 Å². The summed E-state index contributed by atoms with van der Waals surface area (Å²) in [7, 11) is -2.63. The first-order valence-corrected chi connectivity index (χ1v) is 12.7. The number of rotatable bonds is 10. The summed E-state index contributed by atoms with van der Waals surface area (Å²) >= 11 is 1.05. The van der Waals surface area contributed by atoms with E-state index in [1.807, 2.05) is 0 Å². The lowest BCUT2D eigenvalue weighted by Gasteiger charge is -2.23. The molecule has 3 N–H and O–H groups in total. The molecule has 0 fully saturated rings. The van der Waals surface area contributed by atoms with Gasteiger partial charge in [0.25, 0.3) is 5.91 Å². The third kappa shape index (κ3) is 6.37. The molecule has 0 saturated carbocycles. The molecule has 0 bridgehead atoms. The van der Waals surface area contributed by atoms with Gasteiger partial charge in [-0.1, -0.05) is 18.2 Å². The molecule has 0 spiro atoms. The Kier molecular flexibility index (Phi) is 7.98. The number of thioether (sulfide) groups is 1. The largest absolute Gasteiger partial charge is 0.497 e. The van der Waals surface area contributed by atoms with E-state index in [1.165, 1.54) is 31.4 Å². The quantitative estimate of drug-likeness (QED) is 0.361. The molecular formula is C24H23NO7S2. The second-order valence-corrected chi connectivity index (χ2v) is 10.4. The fourth-order valence-electron chi connectivity index (χ4n) is 2.97. The first-order valence-electron chi connectivity index (χ1n) is 10.0. The molecule has 0 aliphatic carbocycles. The number of carboxylic acid groups (broad SMARTS) is 1. The van der Waals surface area contributed by atoms with Crippen molar-refractivity contribution < 1.29 is 33.0 Å². The summed E-state index contributed by atoms with van der Waals surface area (Å²) in [5.41, 5.74) is -1.74. The first-order chi connectivity index (χ1) is 16.1. The van der Waals surface area contributed by atoms with Gasteiger partial charge >= 0.3 is 5.97 Å². The number of benzene rings is 3. The van der Waals surface area contributed by atoms with E-state index in [4.69, 9.17) is 4.74 Å². The molecule has 178 valence electrons. The van der Waals surface area contributed by atoms with E-state index >= 15 is 0 Å². The number of ether oxygens (including phenoxy) is 1. The molecule has 8 nitrogen and oxygen atoms in total. The van der Waals surface area contributed by atoms with Gasteiger partial charge in [0.15, 0.2) is 15.4 Å². The minimum absolute atomic E-state index is 0.167. The average Bonchev–Trinajstić information content (AvgIpc) is 2.83. The Morgan fingerprint density at radius 2 is 1.59 bits per heavy atom. The molecule has 3 aromatic carbocycles. The summed E-state index contributed by atoms with van der Waals surface area (Å²) in [5, 5.41) is 22.8. The molecule has 1 atom stereocenters. The van der Waals surface area contributed by atoms with E-state index in [2.05, 4.69) is 5.32 Å². The van der Waals surface area contributed by atoms with Crippen molar-refractivity contribution in [1.29, 1.82) is 0 Å². The maximum atomic E-state index is 12.8. The molecule has 3 rings (SSSR count). The fraction of sp³-hybridized carbons (Fsp3) is 0.167. The van der Waals surface area contributed by atoms with Crippen LogP contribution in [-0.4, -0.2) is 54.7 Å². The minimum Gasteiger partial charge on any atom is -0.497 e. The van der Waals surface area contributed by atoms with Crippen molar-refractivity contribution >= 4 is 39.2 Å². The number of carboxylic acids is 1. The van der Waals surface area contributed by atoms with Gasteiger partial charge in [-0.3, -0.25) is 4.79 Å². The summed E-state index contributed by atoms with van der Waals surface area (Å²) in [6.45, 7) is 0. The molecule has 0 aromatic heterocycles. The Balaban J connectivity index is 1.69. The number of carbonyl (C=O) groups excluding carboxylic acids is 1. The lowest BCUT2D eigenvalue weighted by molar-refractivity contribution is -0.153. The summed E-state index contributed by atoms with van der Waals surface area (Å²) in [6, 6.07) is 20.6. The van der Waals surface area contributed by atoms with Crippen molar-refractivity contribution in [1.82, 2.24) is 0 Å². The van der Waals surface area contributed by atoms with Crippen molar-refractivity contribution in [2.45, 2.75) is 15.4 Å². The van der Waals surface area contributed by atoms with Crippen LogP contribution in [0.1, 0.15) is 10.4 Å². The number of aliphatic carboxylic acids is 1. The van der Waals surface area contributed by atoms with Crippen LogP contribution in [0.2, 0.25) is 0 Å². The number of carbonyl (C=O) groups is 2. The van der Waals surface area contributed by atoms with E-state index in [0.29, 0.717) is 21.9 Å². The van der Waals surface area contributed by atoms with Gasteiger partial charge < -0.3 is 20.3 Å². The van der Waals surface area contributed by atoms with Crippen LogP contribution in [0.4, 0.5) is 5.69 Å². The number of hydrogen-bond acceptors (Lipinski definition) is 7. The van der Waals surface area contributed by atoms with E-state index in [9.17, 15) is 28.2 Å². The van der Waals surface area contributed by atoms with E-state index in [0.717, 1.165) is 11.8 Å². The van der Waals surface area contributed by atoms with E-state index in [-0.39, 0.29) is 10.6 Å². The van der Waals surface area contributed by atoms with Crippen LogP contribution < -0.4 is 10.1 Å². The number of amides is 1. The number of anilines is 1. The van der Waals surface area contributed by atoms with Gasteiger partial charge in [-0.25, -0.2) is 13.2 Å². The number of aliphatic hydroxyl groups is 1. The van der Waals surface area contributed by atoms with Crippen LogP contribution in [0.5, 0.6) is 5.75 Å². The van der Waals surface area contributed by atoms with Crippen molar-refractivity contribution in [3.8, 4) is 5.75 Å². The average molecular weight is 502 g/mol. The molecule has 34 heavy (non-hydrogen) atoms. The van der Waals surface area contributed by atoms with Gasteiger partial charge in [-0.2, -0.15) is 0 Å². The van der Waals surface area contributed by atoms with Crippen molar-refractivity contribution in [2.75, 3.05) is 23.9 Å². The highest BCUT2D eigenvalue weighted by Crippen LogP contribution is 2.26. The fourth-order valence-corrected chi connectivity index (χ4v) is 5.65. The van der Waals surface area contributed by atoms with Crippen LogP contribution in [0.3, 0.4) is 0 Å². The van der Waals surface area contributed by atoms with Crippen molar-refractivity contribution in [3.05, 3.63) is 84.4 Å².